The summed E-state index contributed by atoms with van der Waals surface area (Å²) in [6.45, 7) is 4.17. The molecule has 0 saturated heterocycles. The van der Waals surface area contributed by atoms with Crippen molar-refractivity contribution < 1.29 is 5.11 Å². The molecule has 0 amide bonds. The summed E-state index contributed by atoms with van der Waals surface area (Å²) in [6, 6.07) is 7.32. The van der Waals surface area contributed by atoms with Gasteiger partial charge in [0.15, 0.2) is 0 Å². The molecule has 1 atom stereocenters. The highest BCUT2D eigenvalue weighted by Crippen LogP contribution is 2.19. The van der Waals surface area contributed by atoms with Crippen molar-refractivity contribution >= 4 is 0 Å². The van der Waals surface area contributed by atoms with E-state index < -0.39 is 0 Å². The van der Waals surface area contributed by atoms with E-state index in [1.54, 1.807) is 12.1 Å². The van der Waals surface area contributed by atoms with Gasteiger partial charge in [0.1, 0.15) is 5.75 Å². The number of phenolic OH excluding ortho intramolecular Hbond substituents is 1. The average molecular weight is 149 g/mol. The fraction of sp³-hybridized carbons (Fsp3) is 0.300. The van der Waals surface area contributed by atoms with E-state index >= 15 is 0 Å². The first-order chi connectivity index (χ1) is 5.24. The van der Waals surface area contributed by atoms with Gasteiger partial charge in [0.05, 0.1) is 0 Å². The molecule has 0 aliphatic carbocycles. The second-order valence-electron chi connectivity index (χ2n) is 2.71. The summed E-state index contributed by atoms with van der Waals surface area (Å²) in [5.74, 6) is 0.799. The number of hydrogen-bond acceptors (Lipinski definition) is 1. The average Bonchev–Trinajstić information content (AvgIpc) is 2.05. The van der Waals surface area contributed by atoms with Crippen LogP contribution >= 0.6 is 0 Å². The van der Waals surface area contributed by atoms with Gasteiger partial charge < -0.3 is 5.11 Å². The lowest BCUT2D eigenvalue weighted by molar-refractivity contribution is 0.475. The summed E-state index contributed by atoms with van der Waals surface area (Å²) in [6.07, 6.45) is 2.13. The summed E-state index contributed by atoms with van der Waals surface area (Å²) >= 11 is 0. The van der Waals surface area contributed by atoms with E-state index in [1.807, 2.05) is 19.1 Å². The Kier molecular flexibility index (Phi) is 2.53. The zero-order chi connectivity index (χ0) is 8.27. The van der Waals surface area contributed by atoms with Gasteiger partial charge >= 0.3 is 0 Å². The monoisotopic (exact) mass is 149 g/mol. The first-order valence-electron chi connectivity index (χ1n) is 3.82. The Bertz CT molecular complexity index is 213. The zero-order valence-electron chi connectivity index (χ0n) is 6.91. The fourth-order valence-electron chi connectivity index (χ4n) is 0.970. The standard InChI is InChI=1S/C10H13O/c1-3-8(2)9-4-6-10(11)7-5-9/h3-8,11H,1-2H3/t8-/m1/s1. The van der Waals surface area contributed by atoms with Crippen LogP contribution in [0.2, 0.25) is 0 Å². The lowest BCUT2D eigenvalue weighted by Gasteiger charge is -2.07. The van der Waals surface area contributed by atoms with Crippen LogP contribution in [-0.4, -0.2) is 5.11 Å². The second-order valence-corrected chi connectivity index (χ2v) is 2.71. The summed E-state index contributed by atoms with van der Waals surface area (Å²) < 4.78 is 0. The summed E-state index contributed by atoms with van der Waals surface area (Å²) in [5.41, 5.74) is 1.24. The minimum Gasteiger partial charge on any atom is -0.508 e. The number of hydrogen-bond donors (Lipinski definition) is 1. The molecule has 0 heterocycles. The Morgan fingerprint density at radius 1 is 1.27 bits per heavy atom. The van der Waals surface area contributed by atoms with E-state index in [0.29, 0.717) is 11.7 Å². The summed E-state index contributed by atoms with van der Waals surface area (Å²) in [4.78, 5) is 0. The molecule has 1 N–H and O–H groups in total. The lowest BCUT2D eigenvalue weighted by Crippen LogP contribution is -1.90. The van der Waals surface area contributed by atoms with Gasteiger partial charge in [0.25, 0.3) is 0 Å². The fourth-order valence-corrected chi connectivity index (χ4v) is 0.970. The lowest BCUT2D eigenvalue weighted by atomic mass is 9.99. The van der Waals surface area contributed by atoms with Crippen LogP contribution in [0, 0.1) is 6.42 Å². The van der Waals surface area contributed by atoms with Crippen molar-refractivity contribution in [3.8, 4) is 5.75 Å². The molecule has 1 radical (unpaired) electrons. The quantitative estimate of drug-likeness (QED) is 0.685. The Balaban J connectivity index is 2.81. The third-order valence-electron chi connectivity index (χ3n) is 1.92. The van der Waals surface area contributed by atoms with Crippen molar-refractivity contribution in [2.45, 2.75) is 19.8 Å². The van der Waals surface area contributed by atoms with Crippen molar-refractivity contribution in [2.75, 3.05) is 0 Å². The SMILES string of the molecule is C[CH][C@@H](C)c1ccc(O)cc1. The van der Waals surface area contributed by atoms with Gasteiger partial charge in [-0.25, -0.2) is 0 Å². The van der Waals surface area contributed by atoms with Crippen molar-refractivity contribution in [1.29, 1.82) is 0 Å². The highest BCUT2D eigenvalue weighted by Gasteiger charge is 2.01. The van der Waals surface area contributed by atoms with Crippen LogP contribution in [0.25, 0.3) is 0 Å². The van der Waals surface area contributed by atoms with Crippen LogP contribution in [-0.2, 0) is 0 Å². The molecule has 1 rings (SSSR count). The second kappa shape index (κ2) is 3.42. The van der Waals surface area contributed by atoms with Crippen molar-refractivity contribution in [3.63, 3.8) is 0 Å². The predicted octanol–water partition coefficient (Wildman–Crippen LogP) is 2.72. The third-order valence-corrected chi connectivity index (χ3v) is 1.92. The first-order valence-corrected chi connectivity index (χ1v) is 3.82. The maximum absolute atomic E-state index is 9.00. The topological polar surface area (TPSA) is 20.2 Å². The van der Waals surface area contributed by atoms with E-state index in [0.717, 1.165) is 0 Å². The van der Waals surface area contributed by atoms with E-state index in [9.17, 15) is 0 Å². The normalized spacial score (nSPS) is 12.9. The summed E-state index contributed by atoms with van der Waals surface area (Å²) in [5, 5.41) is 9.00. The van der Waals surface area contributed by atoms with Gasteiger partial charge in [-0.1, -0.05) is 26.0 Å². The largest absolute Gasteiger partial charge is 0.508 e. The summed E-state index contributed by atoms with van der Waals surface area (Å²) in [7, 11) is 0. The smallest absolute Gasteiger partial charge is 0.115 e. The van der Waals surface area contributed by atoms with Crippen molar-refractivity contribution in [1.82, 2.24) is 0 Å². The number of rotatable bonds is 2. The molecule has 11 heavy (non-hydrogen) atoms. The molecule has 0 fully saturated rings. The van der Waals surface area contributed by atoms with E-state index in [2.05, 4.69) is 13.3 Å². The van der Waals surface area contributed by atoms with E-state index in [4.69, 9.17) is 5.11 Å². The van der Waals surface area contributed by atoms with Crippen LogP contribution < -0.4 is 0 Å². The number of aromatic hydroxyl groups is 1. The molecule has 0 saturated carbocycles. The Morgan fingerprint density at radius 2 is 1.82 bits per heavy atom. The molecule has 59 valence electrons. The van der Waals surface area contributed by atoms with Gasteiger partial charge in [-0.15, -0.1) is 0 Å². The molecule has 0 spiro atoms. The Hall–Kier alpha value is -0.980. The molecule has 0 aromatic heterocycles. The highest BCUT2D eigenvalue weighted by molar-refractivity contribution is 5.28. The molecule has 1 nitrogen and oxygen atoms in total. The minimum atomic E-state index is 0.331. The Labute approximate surface area is 67.7 Å². The number of phenols is 1. The molecule has 0 aliphatic heterocycles. The molecule has 1 aromatic carbocycles. The van der Waals surface area contributed by atoms with Crippen LogP contribution in [0.3, 0.4) is 0 Å². The third kappa shape index (κ3) is 1.97. The van der Waals surface area contributed by atoms with Gasteiger partial charge in [-0.2, -0.15) is 0 Å². The highest BCUT2D eigenvalue weighted by atomic mass is 16.3. The van der Waals surface area contributed by atoms with Crippen LogP contribution in [0.5, 0.6) is 5.75 Å². The zero-order valence-corrected chi connectivity index (χ0v) is 6.91. The molecular formula is C10H13O. The maximum atomic E-state index is 9.00. The van der Waals surface area contributed by atoms with Gasteiger partial charge in [-0.05, 0) is 30.0 Å². The molecule has 0 bridgehead atoms. The Morgan fingerprint density at radius 3 is 2.27 bits per heavy atom. The molecule has 0 unspecified atom stereocenters. The molecule has 1 heteroatoms. The van der Waals surface area contributed by atoms with E-state index in [-0.39, 0.29) is 0 Å². The van der Waals surface area contributed by atoms with Crippen molar-refractivity contribution in [3.05, 3.63) is 36.2 Å². The molecular weight excluding hydrogens is 136 g/mol. The van der Waals surface area contributed by atoms with Gasteiger partial charge in [-0.3, -0.25) is 0 Å². The van der Waals surface area contributed by atoms with Crippen molar-refractivity contribution in [2.24, 2.45) is 0 Å². The predicted molar refractivity (Wildman–Crippen MR) is 46.5 cm³/mol. The molecule has 0 aliphatic rings. The van der Waals surface area contributed by atoms with Gasteiger partial charge in [0.2, 0.25) is 0 Å². The van der Waals surface area contributed by atoms with Gasteiger partial charge in [0, 0.05) is 0 Å². The molecule has 1 aromatic rings. The van der Waals surface area contributed by atoms with Crippen LogP contribution in [0.4, 0.5) is 0 Å². The van der Waals surface area contributed by atoms with E-state index in [1.165, 1.54) is 5.56 Å². The minimum absolute atomic E-state index is 0.331. The van der Waals surface area contributed by atoms with Crippen LogP contribution in [0.1, 0.15) is 25.3 Å². The maximum Gasteiger partial charge on any atom is 0.115 e. The number of benzene rings is 1. The first kappa shape index (κ1) is 8.12. The van der Waals surface area contributed by atoms with Crippen LogP contribution in [0.15, 0.2) is 24.3 Å².